The summed E-state index contributed by atoms with van der Waals surface area (Å²) in [5, 5.41) is 6.70. The normalized spacial score (nSPS) is 16.2. The number of alkyl halides is 3. The third-order valence-corrected chi connectivity index (χ3v) is 6.11. The number of hydrogen-bond donors (Lipinski definition) is 2. The summed E-state index contributed by atoms with van der Waals surface area (Å²) in [6, 6.07) is 7.15. The molecule has 0 radical (unpaired) electrons. The number of H-pyrrole nitrogens is 1. The molecule has 3 heterocycles. The molecule has 4 aromatic rings. The van der Waals surface area contributed by atoms with E-state index >= 15 is 0 Å². The first-order valence-corrected chi connectivity index (χ1v) is 9.77. The summed E-state index contributed by atoms with van der Waals surface area (Å²) in [5.74, 6) is -1.23. The highest BCUT2D eigenvalue weighted by Gasteiger charge is 2.41. The van der Waals surface area contributed by atoms with Crippen LogP contribution in [0.5, 0.6) is 0 Å². The SMILES string of the molecule is Cc1cc(N2CCC(C(F)(F)F)CC2)cc2c1[nH]c1cc3cnn(C(N)=O)c3cc12. The first-order valence-electron chi connectivity index (χ1n) is 9.77. The Morgan fingerprint density at radius 1 is 1.17 bits per heavy atom. The number of benzene rings is 2. The van der Waals surface area contributed by atoms with Gasteiger partial charge in [-0.15, -0.1) is 0 Å². The summed E-state index contributed by atoms with van der Waals surface area (Å²) >= 11 is 0. The molecule has 0 saturated carbocycles. The number of fused-ring (bicyclic) bond motifs is 4. The molecule has 0 unspecified atom stereocenters. The van der Waals surface area contributed by atoms with E-state index in [-0.39, 0.29) is 12.8 Å². The Bertz CT molecular complexity index is 1300. The molecule has 0 spiro atoms. The summed E-state index contributed by atoms with van der Waals surface area (Å²) in [4.78, 5) is 17.1. The van der Waals surface area contributed by atoms with Crippen LogP contribution in [0.4, 0.5) is 23.7 Å². The van der Waals surface area contributed by atoms with Crippen molar-refractivity contribution in [3.05, 3.63) is 36.0 Å². The predicted molar refractivity (Wildman–Crippen MR) is 110 cm³/mol. The van der Waals surface area contributed by atoms with Crippen molar-refractivity contribution >= 4 is 44.4 Å². The number of nitrogens with zero attached hydrogens (tertiary/aromatic N) is 3. The van der Waals surface area contributed by atoms with Gasteiger partial charge in [0.25, 0.3) is 0 Å². The molecular formula is C21H20F3N5O. The number of aromatic nitrogens is 3. The Hall–Kier alpha value is -3.23. The lowest BCUT2D eigenvalue weighted by Gasteiger charge is -2.34. The number of carbonyl (C=O) groups is 1. The first-order chi connectivity index (χ1) is 14.2. The lowest BCUT2D eigenvalue weighted by atomic mass is 9.95. The van der Waals surface area contributed by atoms with Crippen LogP contribution in [0, 0.1) is 12.8 Å². The molecule has 1 saturated heterocycles. The van der Waals surface area contributed by atoms with E-state index in [4.69, 9.17) is 5.73 Å². The van der Waals surface area contributed by atoms with Gasteiger partial charge in [0.1, 0.15) is 0 Å². The number of amides is 1. The fourth-order valence-corrected chi connectivity index (χ4v) is 4.50. The van der Waals surface area contributed by atoms with E-state index in [9.17, 15) is 18.0 Å². The van der Waals surface area contributed by atoms with Gasteiger partial charge in [-0.05, 0) is 49.6 Å². The van der Waals surface area contributed by atoms with Crippen molar-refractivity contribution in [1.82, 2.24) is 14.8 Å². The van der Waals surface area contributed by atoms with Crippen molar-refractivity contribution in [1.29, 1.82) is 0 Å². The Kier molecular flexibility index (Phi) is 4.00. The summed E-state index contributed by atoms with van der Waals surface area (Å²) in [5.41, 5.74) is 9.81. The summed E-state index contributed by atoms with van der Waals surface area (Å²) < 4.78 is 40.2. The van der Waals surface area contributed by atoms with Gasteiger partial charge in [0, 0.05) is 46.0 Å². The van der Waals surface area contributed by atoms with Crippen molar-refractivity contribution in [2.24, 2.45) is 11.7 Å². The zero-order valence-electron chi connectivity index (χ0n) is 16.3. The van der Waals surface area contributed by atoms with Crippen molar-refractivity contribution in [2.75, 3.05) is 18.0 Å². The van der Waals surface area contributed by atoms with Crippen LogP contribution < -0.4 is 10.6 Å². The maximum Gasteiger partial charge on any atom is 0.391 e. The molecule has 0 aliphatic carbocycles. The van der Waals surface area contributed by atoms with E-state index in [1.165, 1.54) is 0 Å². The number of carbonyl (C=O) groups excluding carboxylic acids is 1. The van der Waals surface area contributed by atoms with Crippen molar-refractivity contribution in [3.8, 4) is 0 Å². The zero-order valence-corrected chi connectivity index (χ0v) is 16.3. The Labute approximate surface area is 169 Å². The van der Waals surface area contributed by atoms with Gasteiger partial charge < -0.3 is 15.6 Å². The molecule has 156 valence electrons. The molecule has 3 N–H and O–H groups in total. The predicted octanol–water partition coefficient (Wildman–Crippen LogP) is 4.68. The van der Waals surface area contributed by atoms with Crippen LogP contribution in [0.25, 0.3) is 32.7 Å². The number of rotatable bonds is 1. The highest BCUT2D eigenvalue weighted by molar-refractivity contribution is 6.13. The number of piperidine rings is 1. The minimum absolute atomic E-state index is 0.104. The number of anilines is 1. The molecule has 0 atom stereocenters. The van der Waals surface area contributed by atoms with Crippen LogP contribution in [-0.4, -0.2) is 40.1 Å². The largest absolute Gasteiger partial charge is 0.391 e. The molecule has 5 rings (SSSR count). The Balaban J connectivity index is 1.60. The van der Waals surface area contributed by atoms with Gasteiger partial charge in [-0.3, -0.25) is 0 Å². The lowest BCUT2D eigenvalue weighted by Crippen LogP contribution is -2.39. The fraction of sp³-hybridized carbons (Fsp3) is 0.333. The number of aryl methyl sites for hydroxylation is 1. The van der Waals surface area contributed by atoms with E-state index < -0.39 is 18.1 Å². The number of halogens is 3. The minimum atomic E-state index is -4.13. The average molecular weight is 415 g/mol. The van der Waals surface area contributed by atoms with E-state index in [1.807, 2.05) is 36.1 Å². The molecule has 1 aliphatic rings. The molecular weight excluding hydrogens is 395 g/mol. The second-order valence-electron chi connectivity index (χ2n) is 7.96. The maximum absolute atomic E-state index is 13.0. The number of hydrogen-bond acceptors (Lipinski definition) is 3. The van der Waals surface area contributed by atoms with Gasteiger partial charge in [-0.2, -0.15) is 23.0 Å². The quantitative estimate of drug-likeness (QED) is 0.474. The van der Waals surface area contributed by atoms with Crippen molar-refractivity contribution < 1.29 is 18.0 Å². The van der Waals surface area contributed by atoms with Gasteiger partial charge in [0.15, 0.2) is 0 Å². The molecule has 1 amide bonds. The average Bonchev–Trinajstić information content (AvgIpc) is 3.27. The van der Waals surface area contributed by atoms with Crippen LogP contribution in [-0.2, 0) is 0 Å². The third-order valence-electron chi connectivity index (χ3n) is 6.11. The molecule has 6 nitrogen and oxygen atoms in total. The summed E-state index contributed by atoms with van der Waals surface area (Å²) in [6.45, 7) is 2.72. The second-order valence-corrected chi connectivity index (χ2v) is 7.96. The smallest absolute Gasteiger partial charge is 0.371 e. The van der Waals surface area contributed by atoms with Gasteiger partial charge in [0.05, 0.1) is 17.6 Å². The molecule has 1 aliphatic heterocycles. The van der Waals surface area contributed by atoms with E-state index in [2.05, 4.69) is 10.1 Å². The highest BCUT2D eigenvalue weighted by Crippen LogP contribution is 2.38. The Morgan fingerprint density at radius 2 is 1.90 bits per heavy atom. The van der Waals surface area contributed by atoms with Gasteiger partial charge in [-0.1, -0.05) is 0 Å². The zero-order chi connectivity index (χ0) is 21.2. The van der Waals surface area contributed by atoms with E-state index in [0.29, 0.717) is 18.6 Å². The lowest BCUT2D eigenvalue weighted by molar-refractivity contribution is -0.179. The van der Waals surface area contributed by atoms with Crippen LogP contribution in [0.15, 0.2) is 30.5 Å². The first kappa shape index (κ1) is 18.8. The topological polar surface area (TPSA) is 79.9 Å². The summed E-state index contributed by atoms with van der Waals surface area (Å²) in [7, 11) is 0. The number of primary amides is 1. The third kappa shape index (κ3) is 2.88. The van der Waals surface area contributed by atoms with Gasteiger partial charge in [0.2, 0.25) is 0 Å². The molecule has 30 heavy (non-hydrogen) atoms. The maximum atomic E-state index is 13.0. The molecule has 2 aromatic carbocycles. The Morgan fingerprint density at radius 3 is 2.57 bits per heavy atom. The molecule has 9 heteroatoms. The standard InChI is InChI=1S/C21H20F3N5O/c1-11-6-14(28-4-2-13(3-5-28)21(22,23)24)8-16-15-9-18-12(7-17(15)27-19(11)16)10-26-29(18)20(25)30/h6-10,13,27H,2-5H2,1H3,(H2,25,30). The van der Waals surface area contributed by atoms with Crippen LogP contribution in [0.1, 0.15) is 18.4 Å². The van der Waals surface area contributed by atoms with E-state index in [1.54, 1.807) is 6.20 Å². The van der Waals surface area contributed by atoms with Crippen molar-refractivity contribution in [2.45, 2.75) is 25.9 Å². The van der Waals surface area contributed by atoms with Crippen molar-refractivity contribution in [3.63, 3.8) is 0 Å². The van der Waals surface area contributed by atoms with Gasteiger partial charge in [-0.25, -0.2) is 4.79 Å². The van der Waals surface area contributed by atoms with Crippen LogP contribution >= 0.6 is 0 Å². The van der Waals surface area contributed by atoms with Crippen LogP contribution in [0.3, 0.4) is 0 Å². The molecule has 2 aromatic heterocycles. The monoisotopic (exact) mass is 415 g/mol. The number of nitrogens with one attached hydrogen (secondary N) is 1. The number of nitrogens with two attached hydrogens (primary N) is 1. The second kappa shape index (κ2) is 6.38. The number of aromatic amines is 1. The van der Waals surface area contributed by atoms with E-state index in [0.717, 1.165) is 43.1 Å². The molecule has 1 fully saturated rings. The van der Waals surface area contributed by atoms with Gasteiger partial charge >= 0.3 is 12.2 Å². The highest BCUT2D eigenvalue weighted by atomic mass is 19.4. The van der Waals surface area contributed by atoms with Crippen LogP contribution in [0.2, 0.25) is 0 Å². The minimum Gasteiger partial charge on any atom is -0.371 e. The fourth-order valence-electron chi connectivity index (χ4n) is 4.50. The molecule has 0 bridgehead atoms. The summed E-state index contributed by atoms with van der Waals surface area (Å²) in [6.07, 6.45) is -2.33.